The van der Waals surface area contributed by atoms with Crippen molar-refractivity contribution in [3.05, 3.63) is 0 Å². The molecule has 0 saturated carbocycles. The zero-order valence-electron chi connectivity index (χ0n) is 1.56. The minimum absolute atomic E-state index is 0. The van der Waals surface area contributed by atoms with Gasteiger partial charge >= 0.3 is 19.5 Å². The van der Waals surface area contributed by atoms with E-state index in [9.17, 15) is 0 Å². The fourth-order valence-corrected chi connectivity index (χ4v) is 0. The molecule has 0 bridgehead atoms. The normalized spacial score (nSPS) is 1.25. The summed E-state index contributed by atoms with van der Waals surface area (Å²) < 4.78 is 7.94. The third kappa shape index (κ3) is 13.1. The Morgan fingerprint density at radius 2 is 1.00 bits per heavy atom. The standard InChI is InChI=1S/2ClH.Co.O/h2*1H;;. The van der Waals surface area contributed by atoms with E-state index >= 15 is 0 Å². The summed E-state index contributed by atoms with van der Waals surface area (Å²) in [6, 6.07) is 0. The van der Waals surface area contributed by atoms with E-state index in [1.165, 1.54) is 0 Å². The first-order valence-corrected chi connectivity index (χ1v) is 0.561. The van der Waals surface area contributed by atoms with Crippen LogP contribution in [0.15, 0.2) is 0 Å². The Kier molecular flexibility index (Phi) is 214. The first-order chi connectivity index (χ1) is 1.00. The number of hydrogen-bond acceptors (Lipinski definition) is 1. The van der Waals surface area contributed by atoms with Gasteiger partial charge in [-0.15, -0.1) is 24.8 Å². The second-order valence-electron chi connectivity index (χ2n) is 0. The second-order valence-corrected chi connectivity index (χ2v) is 0. The molecule has 0 rings (SSSR count). The molecule has 4 heteroatoms. The third-order valence-electron chi connectivity index (χ3n) is 0. The molecular weight excluding hydrogens is 146 g/mol. The summed E-state index contributed by atoms with van der Waals surface area (Å²) in [4.78, 5) is 0. The van der Waals surface area contributed by atoms with Crippen molar-refractivity contribution in [2.45, 2.75) is 0 Å². The Morgan fingerprint density at radius 3 is 1.00 bits per heavy atom. The molecule has 31 valence electrons. The monoisotopic (exact) mass is 147 g/mol. The van der Waals surface area contributed by atoms with Crippen molar-refractivity contribution in [2.24, 2.45) is 0 Å². The van der Waals surface area contributed by atoms with Crippen LogP contribution < -0.4 is 0 Å². The Labute approximate surface area is 44.8 Å². The zero-order chi connectivity index (χ0) is 2.00. The molecular formula is H2Cl2CoO. The molecule has 0 aromatic heterocycles. The van der Waals surface area contributed by atoms with Gasteiger partial charge in [0.05, 0.1) is 0 Å². The SMILES string of the molecule is Cl.Cl.[O]=[Co]. The molecule has 0 aliphatic heterocycles. The van der Waals surface area contributed by atoms with Crippen molar-refractivity contribution in [3.63, 3.8) is 0 Å². The van der Waals surface area contributed by atoms with E-state index in [4.69, 9.17) is 3.87 Å². The van der Waals surface area contributed by atoms with Gasteiger partial charge in [-0.1, -0.05) is 0 Å². The quantitative estimate of drug-likeness (QED) is 0.494. The number of halogens is 2. The minimum atomic E-state index is 0. The van der Waals surface area contributed by atoms with Gasteiger partial charge in [-0.05, 0) is 0 Å². The summed E-state index contributed by atoms with van der Waals surface area (Å²) in [5, 5.41) is 0. The molecule has 0 aliphatic carbocycles. The fraction of sp³-hybridized carbons (Fsp3) is 0. The van der Waals surface area contributed by atoms with E-state index in [1.807, 2.05) is 0 Å². The van der Waals surface area contributed by atoms with Gasteiger partial charge in [-0.3, -0.25) is 0 Å². The topological polar surface area (TPSA) is 17.1 Å². The summed E-state index contributed by atoms with van der Waals surface area (Å²) in [5.74, 6) is 0. The molecule has 0 aromatic carbocycles. The average molecular weight is 148 g/mol. The van der Waals surface area contributed by atoms with Crippen molar-refractivity contribution in [2.75, 3.05) is 0 Å². The summed E-state index contributed by atoms with van der Waals surface area (Å²) in [6.07, 6.45) is 0. The molecule has 0 amide bonds. The molecule has 0 heterocycles. The molecule has 0 radical (unpaired) electrons. The van der Waals surface area contributed by atoms with Crippen molar-refractivity contribution in [1.29, 1.82) is 0 Å². The number of hydrogen-bond donors (Lipinski definition) is 0. The van der Waals surface area contributed by atoms with E-state index in [-0.39, 0.29) is 24.8 Å². The fourth-order valence-electron chi connectivity index (χ4n) is 0. The van der Waals surface area contributed by atoms with E-state index in [2.05, 4.69) is 15.7 Å². The predicted octanol–water partition coefficient (Wildman–Crippen LogP) is 0.722. The Balaban J connectivity index is -0.00000000500. The van der Waals surface area contributed by atoms with Crippen LogP contribution in [-0.4, -0.2) is 0 Å². The summed E-state index contributed by atoms with van der Waals surface area (Å²) in [6.45, 7) is 0. The van der Waals surface area contributed by atoms with Crippen LogP contribution in [0, 0.1) is 0 Å². The van der Waals surface area contributed by atoms with E-state index < -0.39 is 0 Å². The molecule has 4 heavy (non-hydrogen) atoms. The summed E-state index contributed by atoms with van der Waals surface area (Å²) in [7, 11) is 0. The maximum atomic E-state index is 7.94. The third-order valence-corrected chi connectivity index (χ3v) is 0. The van der Waals surface area contributed by atoms with Gasteiger partial charge in [0, 0.05) is 0 Å². The first kappa shape index (κ1) is 20.7. The average Bonchev–Trinajstić information content (AvgIpc) is 1.00. The van der Waals surface area contributed by atoms with Crippen molar-refractivity contribution < 1.29 is 19.5 Å². The van der Waals surface area contributed by atoms with E-state index in [0.717, 1.165) is 0 Å². The van der Waals surface area contributed by atoms with Gasteiger partial charge < -0.3 is 0 Å². The molecule has 1 nitrogen and oxygen atoms in total. The maximum absolute atomic E-state index is 7.94. The zero-order valence-corrected chi connectivity index (χ0v) is 4.23. The Bertz CT molecular complexity index is 6.00. The van der Waals surface area contributed by atoms with Crippen LogP contribution in [-0.2, 0) is 19.5 Å². The second kappa shape index (κ2) is 41.2. The van der Waals surface area contributed by atoms with Crippen molar-refractivity contribution in [3.8, 4) is 0 Å². The molecule has 0 spiro atoms. The van der Waals surface area contributed by atoms with Gasteiger partial charge in [-0.25, -0.2) is 0 Å². The van der Waals surface area contributed by atoms with Crippen LogP contribution in [0.2, 0.25) is 0 Å². The first-order valence-electron chi connectivity index (χ1n) is 0.136. The van der Waals surface area contributed by atoms with Crippen molar-refractivity contribution in [1.82, 2.24) is 0 Å². The van der Waals surface area contributed by atoms with E-state index in [1.54, 1.807) is 0 Å². The van der Waals surface area contributed by atoms with Crippen LogP contribution >= 0.6 is 24.8 Å². The van der Waals surface area contributed by atoms with Gasteiger partial charge in [-0.2, -0.15) is 0 Å². The van der Waals surface area contributed by atoms with Crippen LogP contribution in [0.3, 0.4) is 0 Å². The Hall–Kier alpha value is 0.886. The molecule has 0 unspecified atom stereocenters. The molecule has 0 N–H and O–H groups in total. The molecule has 0 aliphatic rings. The molecule has 0 atom stereocenters. The molecule has 0 saturated heterocycles. The van der Waals surface area contributed by atoms with Crippen molar-refractivity contribution >= 4 is 24.8 Å². The molecule has 0 fully saturated rings. The van der Waals surface area contributed by atoms with E-state index in [0.29, 0.717) is 0 Å². The van der Waals surface area contributed by atoms with Gasteiger partial charge in [0.15, 0.2) is 0 Å². The predicted molar refractivity (Wildman–Crippen MR) is 15.2 cm³/mol. The van der Waals surface area contributed by atoms with Gasteiger partial charge in [0.2, 0.25) is 0 Å². The van der Waals surface area contributed by atoms with Gasteiger partial charge in [0.25, 0.3) is 0 Å². The summed E-state index contributed by atoms with van der Waals surface area (Å²) in [5.41, 5.74) is 0. The number of rotatable bonds is 0. The van der Waals surface area contributed by atoms with Crippen LogP contribution in [0.5, 0.6) is 0 Å². The van der Waals surface area contributed by atoms with Crippen LogP contribution in [0.4, 0.5) is 0 Å². The van der Waals surface area contributed by atoms with Gasteiger partial charge in [0.1, 0.15) is 0 Å². The Morgan fingerprint density at radius 1 is 1.00 bits per heavy atom. The van der Waals surface area contributed by atoms with Crippen LogP contribution in [0.1, 0.15) is 0 Å². The van der Waals surface area contributed by atoms with Crippen LogP contribution in [0.25, 0.3) is 0 Å². The summed E-state index contributed by atoms with van der Waals surface area (Å²) >= 11 is 2.31. The molecule has 0 aromatic rings.